The number of hydroxylamine groups is 6. The average Bonchev–Trinajstić information content (AvgIpc) is 3.56. The first-order valence-corrected chi connectivity index (χ1v) is 21.7. The topological polar surface area (TPSA) is 465 Å². The number of thioether (sulfide) groups is 1. The number of amides is 9. The number of rotatable bonds is 25. The number of urea groups is 1. The van der Waals surface area contributed by atoms with Gasteiger partial charge in [-0.1, -0.05) is 0 Å². The molecule has 0 unspecified atom stereocenters. The van der Waals surface area contributed by atoms with Crippen LogP contribution in [0.3, 0.4) is 0 Å². The normalized spacial score (nSPS) is 19.6. The number of hydrogen-bond donors (Lipinski definition) is 14. The highest BCUT2D eigenvalue weighted by Crippen LogP contribution is 2.43. The van der Waals surface area contributed by atoms with E-state index in [2.05, 4.69) is 20.9 Å². The molecule has 1 aromatic heterocycles. The first-order valence-electron chi connectivity index (χ1n) is 20.8. The second-order valence-corrected chi connectivity index (χ2v) is 16.8. The number of nitrogens with zero attached hydrogens (tertiary/aromatic N) is 6. The predicted molar refractivity (Wildman–Crippen MR) is 229 cm³/mol. The number of primary amides is 1. The molecule has 0 spiro atoms. The largest absolute Gasteiger partial charge is 0.480 e. The molecule has 2 heterocycles. The Morgan fingerprint density at radius 3 is 1.63 bits per heavy atom. The van der Waals surface area contributed by atoms with Crippen molar-refractivity contribution in [3.8, 4) is 0 Å². The Labute approximate surface area is 390 Å². The first kappa shape index (κ1) is 58.1. The van der Waals surface area contributed by atoms with E-state index in [1.54, 1.807) is 0 Å². The Kier molecular flexibility index (Phi) is 23.1. The van der Waals surface area contributed by atoms with Crippen molar-refractivity contribution in [2.75, 3.05) is 26.2 Å². The number of carboxylic acid groups (broad SMARTS) is 1. The molecule has 31 heteroatoms. The van der Waals surface area contributed by atoms with Gasteiger partial charge in [0.2, 0.25) is 41.4 Å². The van der Waals surface area contributed by atoms with Crippen molar-refractivity contribution in [1.29, 1.82) is 0 Å². The SMILES string of the molecule is CC(=O)N(O)CCC[C@@H](N)C(=O)N[C@H](CCCN(O)C(C)=O)C(=O)N[C@@H](CCCN(O)C(C)=O)C(=O)N[C@@H](CO)C(=O)N[C@@H](C(=O)O)[C@@H](O)[C@H]1S[C@@H](n2ccc(=NC(N)=O)n(C)c2=O)[C@@H](O)[C@@H]1O. The van der Waals surface area contributed by atoms with E-state index in [0.717, 1.165) is 36.1 Å². The van der Waals surface area contributed by atoms with Gasteiger partial charge < -0.3 is 58.3 Å². The molecule has 382 valence electrons. The number of aliphatic hydroxyl groups excluding tert-OH is 4. The van der Waals surface area contributed by atoms with Gasteiger partial charge in [-0.2, -0.15) is 4.99 Å². The Morgan fingerprint density at radius 2 is 1.19 bits per heavy atom. The van der Waals surface area contributed by atoms with Crippen molar-refractivity contribution >= 4 is 65.1 Å². The van der Waals surface area contributed by atoms with Gasteiger partial charge in [0.25, 0.3) is 0 Å². The van der Waals surface area contributed by atoms with E-state index in [-0.39, 0.29) is 57.2 Å². The molecule has 1 aliphatic rings. The molecule has 16 N–H and O–H groups in total. The minimum Gasteiger partial charge on any atom is -0.480 e. The summed E-state index contributed by atoms with van der Waals surface area (Å²) in [6, 6.07) is -8.79. The standard InChI is InChI=1S/C37H60N12O18S/c1-17(51)47(65)12-5-8-20(38)30(57)40-21(9-6-13-48(66)18(2)52)31(58)41-22(10-7-14-49(67)19(3)53)32(59)42-23(16-50)33(60)44-25(35(61)62)26(54)29-27(55)28(56)34(68-29)46-15-11-24(43-36(39)63)45(4)37(46)64/h11,15,20-23,25-29,34,50,54-56,65-67H,5-10,12-14,16,38H2,1-4H3,(H2,39,63)(H,40,57)(H,41,58)(H,42,59)(H,44,60)(H,61,62)/t20-,21-,22+,23+,25-,26-,27+,28+,29-,34-/m1/s1. The second-order valence-electron chi connectivity index (χ2n) is 15.5. The van der Waals surface area contributed by atoms with E-state index < -0.39 is 131 Å². The zero-order chi connectivity index (χ0) is 51.7. The van der Waals surface area contributed by atoms with Crippen molar-refractivity contribution in [2.45, 2.75) is 118 Å². The van der Waals surface area contributed by atoms with E-state index in [1.807, 2.05) is 5.32 Å². The molecule has 0 bridgehead atoms. The van der Waals surface area contributed by atoms with E-state index in [4.69, 9.17) is 11.5 Å². The average molecular weight is 993 g/mol. The van der Waals surface area contributed by atoms with Crippen LogP contribution in [0.1, 0.15) is 64.7 Å². The lowest BCUT2D eigenvalue weighted by Crippen LogP contribution is -2.61. The molecule has 0 aromatic carbocycles. The van der Waals surface area contributed by atoms with Gasteiger partial charge in [-0.05, 0) is 44.6 Å². The molecule has 0 radical (unpaired) electrons. The number of nitrogens with two attached hydrogens (primary N) is 2. The summed E-state index contributed by atoms with van der Waals surface area (Å²) in [4.78, 5) is 129. The molecule has 68 heavy (non-hydrogen) atoms. The van der Waals surface area contributed by atoms with Crippen LogP contribution in [-0.4, -0.2) is 199 Å². The Bertz CT molecular complexity index is 2130. The molecule has 1 fully saturated rings. The molecule has 1 aliphatic heterocycles. The van der Waals surface area contributed by atoms with Crippen LogP contribution in [0.2, 0.25) is 0 Å². The van der Waals surface area contributed by atoms with Crippen LogP contribution in [0, 0.1) is 0 Å². The van der Waals surface area contributed by atoms with Gasteiger partial charge >= 0.3 is 17.7 Å². The molecular weight excluding hydrogens is 933 g/mol. The third-order valence-corrected chi connectivity index (χ3v) is 12.0. The van der Waals surface area contributed by atoms with E-state index in [9.17, 15) is 89.1 Å². The maximum atomic E-state index is 13.8. The Morgan fingerprint density at radius 1 is 0.750 bits per heavy atom. The fourth-order valence-corrected chi connectivity index (χ4v) is 8.03. The minimum absolute atomic E-state index is 0.0520. The summed E-state index contributed by atoms with van der Waals surface area (Å²) in [5, 5.41) is 89.5. The third-order valence-electron chi connectivity index (χ3n) is 10.4. The van der Waals surface area contributed by atoms with Crippen molar-refractivity contribution in [2.24, 2.45) is 23.5 Å². The highest BCUT2D eigenvalue weighted by molar-refractivity contribution is 8.00. The lowest BCUT2D eigenvalue weighted by molar-refractivity contribution is -0.163. The third kappa shape index (κ3) is 16.9. The number of aromatic nitrogens is 2. The van der Waals surface area contributed by atoms with Crippen molar-refractivity contribution in [1.82, 2.24) is 45.6 Å². The lowest BCUT2D eigenvalue weighted by Gasteiger charge is -2.29. The summed E-state index contributed by atoms with van der Waals surface area (Å²) in [6.07, 6.45) is -5.91. The zero-order valence-electron chi connectivity index (χ0n) is 37.4. The van der Waals surface area contributed by atoms with Crippen molar-refractivity contribution in [3.63, 3.8) is 0 Å². The number of aliphatic hydroxyl groups is 4. The molecule has 1 saturated heterocycles. The quantitative estimate of drug-likeness (QED) is 0.0320. The number of carbonyl (C=O) groups excluding carboxylic acids is 8. The van der Waals surface area contributed by atoms with Gasteiger partial charge in [0.1, 0.15) is 35.1 Å². The fraction of sp³-hybridized carbons (Fsp3) is 0.649. The maximum Gasteiger partial charge on any atom is 0.340 e. The predicted octanol–water partition coefficient (Wildman–Crippen LogP) is -6.74. The Hall–Kier alpha value is -6.06. The highest BCUT2D eigenvalue weighted by atomic mass is 32.2. The minimum atomic E-state index is -2.31. The number of aliphatic carboxylic acids is 1. The van der Waals surface area contributed by atoms with Gasteiger partial charge in [0.05, 0.1) is 30.1 Å². The fourth-order valence-electron chi connectivity index (χ4n) is 6.46. The summed E-state index contributed by atoms with van der Waals surface area (Å²) in [7, 11) is 1.21. The number of carbonyl (C=O) groups is 9. The summed E-state index contributed by atoms with van der Waals surface area (Å²) < 4.78 is 1.78. The molecule has 10 atom stereocenters. The molecule has 30 nitrogen and oxygen atoms in total. The van der Waals surface area contributed by atoms with E-state index in [1.165, 1.54) is 13.1 Å². The van der Waals surface area contributed by atoms with Gasteiger partial charge in [-0.15, -0.1) is 11.8 Å². The maximum absolute atomic E-state index is 13.8. The van der Waals surface area contributed by atoms with Crippen LogP contribution in [0.15, 0.2) is 22.1 Å². The van der Waals surface area contributed by atoms with Crippen LogP contribution >= 0.6 is 11.8 Å². The number of hydrogen-bond acceptors (Lipinski definition) is 19. The monoisotopic (exact) mass is 992 g/mol. The van der Waals surface area contributed by atoms with Crippen molar-refractivity contribution < 1.29 is 84.3 Å². The highest BCUT2D eigenvalue weighted by Gasteiger charge is 2.50. The Balaban J connectivity index is 2.35. The van der Waals surface area contributed by atoms with E-state index in [0.29, 0.717) is 27.0 Å². The van der Waals surface area contributed by atoms with Gasteiger partial charge in [0.15, 0.2) is 6.04 Å². The summed E-state index contributed by atoms with van der Waals surface area (Å²) in [5.41, 5.74) is 9.99. The summed E-state index contributed by atoms with van der Waals surface area (Å²) >= 11 is 0.545. The van der Waals surface area contributed by atoms with Crippen LogP contribution in [0.5, 0.6) is 0 Å². The first-order chi connectivity index (χ1) is 31.7. The number of carboxylic acids is 1. The number of nitrogens with one attached hydrogen (secondary N) is 4. The zero-order valence-corrected chi connectivity index (χ0v) is 38.2. The molecular formula is C37H60N12O18S. The second kappa shape index (κ2) is 27.1. The smallest absolute Gasteiger partial charge is 0.340 e. The van der Waals surface area contributed by atoms with Crippen molar-refractivity contribution in [3.05, 3.63) is 28.2 Å². The lowest BCUT2D eigenvalue weighted by atomic mass is 10.00. The molecule has 0 aliphatic carbocycles. The van der Waals surface area contributed by atoms with Crippen LogP contribution < -0.4 is 43.9 Å². The van der Waals surface area contributed by atoms with Gasteiger partial charge in [-0.3, -0.25) is 58.3 Å². The molecule has 9 amide bonds. The van der Waals surface area contributed by atoms with Gasteiger partial charge in [-0.25, -0.2) is 29.6 Å². The van der Waals surface area contributed by atoms with Crippen LogP contribution in [0.25, 0.3) is 0 Å². The van der Waals surface area contributed by atoms with Crippen LogP contribution in [-0.2, 0) is 45.4 Å². The molecule has 0 saturated carbocycles. The summed E-state index contributed by atoms with van der Waals surface area (Å²) in [6.45, 7) is 1.07. The van der Waals surface area contributed by atoms with Gasteiger partial charge in [0, 0.05) is 53.6 Å². The van der Waals surface area contributed by atoms with Crippen LogP contribution in [0.4, 0.5) is 4.79 Å². The molecule has 1 aromatic rings. The summed E-state index contributed by atoms with van der Waals surface area (Å²) in [5.74, 6) is -8.71. The van der Waals surface area contributed by atoms with E-state index >= 15 is 0 Å². The molecule has 2 rings (SSSR count).